The van der Waals surface area contributed by atoms with Crippen molar-refractivity contribution in [2.75, 3.05) is 13.2 Å². The van der Waals surface area contributed by atoms with Crippen LogP contribution in [0.5, 0.6) is 0 Å². The molecule has 4 unspecified atom stereocenters. The minimum Gasteiger partial charge on any atom is -0.396 e. The molecule has 1 rings (SSSR count). The molecule has 0 aliphatic heterocycles. The molecule has 2 N–H and O–H groups in total. The fourth-order valence-electron chi connectivity index (χ4n) is 3.04. The highest BCUT2D eigenvalue weighted by molar-refractivity contribution is 4.77. The first-order valence-corrected chi connectivity index (χ1v) is 7.51. The fourth-order valence-corrected chi connectivity index (χ4v) is 3.04. The van der Waals surface area contributed by atoms with Crippen LogP contribution in [0.2, 0.25) is 0 Å². The Bertz CT molecular complexity index is 195. The highest BCUT2D eigenvalue weighted by Gasteiger charge is 2.25. The van der Waals surface area contributed by atoms with Crippen LogP contribution in [0.25, 0.3) is 0 Å². The summed E-state index contributed by atoms with van der Waals surface area (Å²) in [5.41, 5.74) is 0. The molecule has 2 heteroatoms. The van der Waals surface area contributed by atoms with E-state index in [0.29, 0.717) is 18.6 Å². The molecule has 17 heavy (non-hydrogen) atoms. The Hall–Kier alpha value is -0.0800. The highest BCUT2D eigenvalue weighted by atomic mass is 16.3. The summed E-state index contributed by atoms with van der Waals surface area (Å²) in [5, 5.41) is 13.1. The van der Waals surface area contributed by atoms with Crippen LogP contribution in [0.4, 0.5) is 0 Å². The minimum atomic E-state index is 0.375. The summed E-state index contributed by atoms with van der Waals surface area (Å²) in [6.45, 7) is 8.24. The first-order valence-electron chi connectivity index (χ1n) is 7.51. The van der Waals surface area contributed by atoms with Crippen LogP contribution in [-0.4, -0.2) is 24.3 Å². The molecule has 0 amide bonds. The van der Waals surface area contributed by atoms with Gasteiger partial charge in [-0.25, -0.2) is 0 Å². The minimum absolute atomic E-state index is 0.375. The molecule has 4 atom stereocenters. The van der Waals surface area contributed by atoms with Crippen LogP contribution in [0.15, 0.2) is 0 Å². The first kappa shape index (κ1) is 15.0. The molecular weight excluding hydrogens is 210 g/mol. The van der Waals surface area contributed by atoms with Gasteiger partial charge in [-0.3, -0.25) is 0 Å². The van der Waals surface area contributed by atoms with Crippen LogP contribution >= 0.6 is 0 Å². The number of aliphatic hydroxyl groups excluding tert-OH is 1. The Morgan fingerprint density at radius 2 is 2.12 bits per heavy atom. The lowest BCUT2D eigenvalue weighted by Crippen LogP contribution is -2.31. The van der Waals surface area contributed by atoms with Crippen LogP contribution in [0, 0.1) is 17.8 Å². The second-order valence-corrected chi connectivity index (χ2v) is 6.03. The van der Waals surface area contributed by atoms with Gasteiger partial charge in [0.1, 0.15) is 0 Å². The van der Waals surface area contributed by atoms with Gasteiger partial charge in [-0.05, 0) is 50.5 Å². The van der Waals surface area contributed by atoms with E-state index in [4.69, 9.17) is 0 Å². The van der Waals surface area contributed by atoms with Gasteiger partial charge in [0.15, 0.2) is 0 Å². The second kappa shape index (κ2) is 8.10. The molecule has 0 heterocycles. The maximum Gasteiger partial charge on any atom is 0.0462 e. The maximum absolute atomic E-state index is 9.56. The maximum atomic E-state index is 9.56. The predicted molar refractivity (Wildman–Crippen MR) is 74.1 cm³/mol. The van der Waals surface area contributed by atoms with Crippen molar-refractivity contribution in [1.82, 2.24) is 5.32 Å². The number of aliphatic hydroxyl groups is 1. The summed E-state index contributed by atoms with van der Waals surface area (Å²) in [4.78, 5) is 0. The molecule has 1 aliphatic rings. The van der Waals surface area contributed by atoms with Crippen molar-refractivity contribution in [3.8, 4) is 0 Å². The molecule has 0 aromatic rings. The van der Waals surface area contributed by atoms with E-state index in [-0.39, 0.29) is 0 Å². The number of hydrogen-bond acceptors (Lipinski definition) is 2. The van der Waals surface area contributed by atoms with Gasteiger partial charge in [0.2, 0.25) is 0 Å². The van der Waals surface area contributed by atoms with Gasteiger partial charge in [0, 0.05) is 12.6 Å². The topological polar surface area (TPSA) is 32.3 Å². The summed E-state index contributed by atoms with van der Waals surface area (Å²) >= 11 is 0. The Labute approximate surface area is 107 Å². The van der Waals surface area contributed by atoms with E-state index in [1.54, 1.807) is 0 Å². The molecular formula is C15H31NO. The monoisotopic (exact) mass is 241 g/mol. The van der Waals surface area contributed by atoms with Crippen molar-refractivity contribution in [1.29, 1.82) is 0 Å². The van der Waals surface area contributed by atoms with Gasteiger partial charge < -0.3 is 10.4 Å². The molecule has 2 nitrogen and oxygen atoms in total. The third-order valence-electron chi connectivity index (χ3n) is 4.50. The molecule has 0 radical (unpaired) electrons. The van der Waals surface area contributed by atoms with E-state index in [9.17, 15) is 5.11 Å². The van der Waals surface area contributed by atoms with E-state index in [0.717, 1.165) is 24.8 Å². The third-order valence-corrected chi connectivity index (χ3v) is 4.50. The lowest BCUT2D eigenvalue weighted by atomic mass is 9.75. The van der Waals surface area contributed by atoms with E-state index >= 15 is 0 Å². The Morgan fingerprint density at radius 3 is 2.71 bits per heavy atom. The van der Waals surface area contributed by atoms with Gasteiger partial charge in [0.25, 0.3) is 0 Å². The molecule has 0 aromatic heterocycles. The molecule has 1 fully saturated rings. The summed E-state index contributed by atoms with van der Waals surface area (Å²) in [6.07, 6.45) is 7.73. The quantitative estimate of drug-likeness (QED) is 0.717. The largest absolute Gasteiger partial charge is 0.396 e. The Balaban J connectivity index is 2.27. The zero-order valence-electron chi connectivity index (χ0n) is 11.9. The lowest BCUT2D eigenvalue weighted by Gasteiger charge is -2.32. The highest BCUT2D eigenvalue weighted by Crippen LogP contribution is 2.34. The standard InChI is InChI=1S/C15H31NO/c1-4-13(3)16-9-8-15(11-17)14-7-5-6-12(2)10-14/h12-17H,4-11H2,1-3H3. The van der Waals surface area contributed by atoms with Crippen molar-refractivity contribution in [3.05, 3.63) is 0 Å². The van der Waals surface area contributed by atoms with Crippen molar-refractivity contribution < 1.29 is 5.11 Å². The molecule has 0 saturated heterocycles. The fraction of sp³-hybridized carbons (Fsp3) is 1.00. The average molecular weight is 241 g/mol. The van der Waals surface area contributed by atoms with Gasteiger partial charge in [-0.2, -0.15) is 0 Å². The van der Waals surface area contributed by atoms with Crippen molar-refractivity contribution in [2.45, 2.75) is 65.3 Å². The van der Waals surface area contributed by atoms with Crippen molar-refractivity contribution >= 4 is 0 Å². The van der Waals surface area contributed by atoms with E-state index < -0.39 is 0 Å². The molecule has 0 spiro atoms. The molecule has 102 valence electrons. The molecule has 0 aromatic carbocycles. The zero-order chi connectivity index (χ0) is 12.7. The van der Waals surface area contributed by atoms with Crippen LogP contribution in [0.3, 0.4) is 0 Å². The van der Waals surface area contributed by atoms with Crippen LogP contribution in [0.1, 0.15) is 59.3 Å². The number of hydrogen-bond donors (Lipinski definition) is 2. The summed E-state index contributed by atoms with van der Waals surface area (Å²) in [5.74, 6) is 2.15. The smallest absolute Gasteiger partial charge is 0.0462 e. The van der Waals surface area contributed by atoms with E-state index in [2.05, 4.69) is 26.1 Å². The van der Waals surface area contributed by atoms with E-state index in [1.807, 2.05) is 0 Å². The van der Waals surface area contributed by atoms with Crippen LogP contribution in [-0.2, 0) is 0 Å². The number of rotatable bonds is 7. The summed E-state index contributed by atoms with van der Waals surface area (Å²) in [7, 11) is 0. The Morgan fingerprint density at radius 1 is 1.35 bits per heavy atom. The third kappa shape index (κ3) is 5.39. The normalized spacial score (nSPS) is 28.9. The van der Waals surface area contributed by atoms with Crippen molar-refractivity contribution in [3.63, 3.8) is 0 Å². The molecule has 0 bridgehead atoms. The van der Waals surface area contributed by atoms with Gasteiger partial charge in [-0.1, -0.05) is 33.1 Å². The number of nitrogens with one attached hydrogen (secondary N) is 1. The average Bonchev–Trinajstić information content (AvgIpc) is 2.34. The second-order valence-electron chi connectivity index (χ2n) is 6.03. The van der Waals surface area contributed by atoms with Crippen molar-refractivity contribution in [2.24, 2.45) is 17.8 Å². The van der Waals surface area contributed by atoms with Gasteiger partial charge >= 0.3 is 0 Å². The zero-order valence-corrected chi connectivity index (χ0v) is 11.9. The van der Waals surface area contributed by atoms with Gasteiger partial charge in [-0.15, -0.1) is 0 Å². The first-order chi connectivity index (χ1) is 8.17. The molecule has 1 aliphatic carbocycles. The summed E-state index contributed by atoms with van der Waals surface area (Å²) < 4.78 is 0. The lowest BCUT2D eigenvalue weighted by molar-refractivity contribution is 0.122. The summed E-state index contributed by atoms with van der Waals surface area (Å²) in [6, 6.07) is 0.611. The van der Waals surface area contributed by atoms with Crippen LogP contribution < -0.4 is 5.32 Å². The SMILES string of the molecule is CCC(C)NCCC(CO)C1CCCC(C)C1. The molecule has 1 saturated carbocycles. The Kier molecular flexibility index (Phi) is 7.14. The predicted octanol–water partition coefficient (Wildman–Crippen LogP) is 3.20. The van der Waals surface area contributed by atoms with E-state index in [1.165, 1.54) is 32.1 Å². The van der Waals surface area contributed by atoms with Gasteiger partial charge in [0.05, 0.1) is 0 Å².